The zero-order valence-electron chi connectivity index (χ0n) is 6.62. The Balaban J connectivity index is 3.80. The predicted octanol–water partition coefficient (Wildman–Crippen LogP) is 0.798. The molecular weight excluding hydrogens is 128 g/mol. The van der Waals surface area contributed by atoms with E-state index in [1.807, 2.05) is 13.8 Å². The van der Waals surface area contributed by atoms with Crippen LogP contribution >= 0.6 is 0 Å². The molecule has 10 heavy (non-hydrogen) atoms. The fraction of sp³-hybridized carbons (Fsp3) is 0.750. The van der Waals surface area contributed by atoms with E-state index in [4.69, 9.17) is 5.11 Å². The Labute approximate surface area is 62.2 Å². The molecule has 0 unspecified atom stereocenters. The van der Waals surface area contributed by atoms with Crippen LogP contribution in [0.2, 0.25) is 0 Å². The van der Waals surface area contributed by atoms with Crippen LogP contribution in [0.4, 0.5) is 0 Å². The van der Waals surface area contributed by atoms with Crippen LogP contribution in [0.3, 0.4) is 0 Å². The van der Waals surface area contributed by atoms with Gasteiger partial charge in [-0.25, -0.2) is 0 Å². The van der Waals surface area contributed by atoms with Gasteiger partial charge in [-0.2, -0.15) is 0 Å². The fourth-order valence-electron chi connectivity index (χ4n) is 0.766. The molecule has 0 bridgehead atoms. The molecule has 2 nitrogen and oxygen atoms in total. The van der Waals surface area contributed by atoms with Gasteiger partial charge in [0, 0.05) is 18.4 Å². The van der Waals surface area contributed by atoms with Crippen molar-refractivity contribution in [3.8, 4) is 0 Å². The SMILES string of the molecule is C=C[C@@H](C)[C@H](O)[C@H](C)CO. The standard InChI is InChI=1S/C8H16O2/c1-4-6(2)8(10)7(3)5-9/h4,6-10H,1,5H2,2-3H3/t6-,7-,8+/m1/s1. The Morgan fingerprint density at radius 2 is 2.00 bits per heavy atom. The average molecular weight is 144 g/mol. The van der Waals surface area contributed by atoms with E-state index in [0.29, 0.717) is 0 Å². The molecule has 0 aromatic rings. The molecule has 0 aliphatic rings. The van der Waals surface area contributed by atoms with Gasteiger partial charge in [-0.15, -0.1) is 6.58 Å². The van der Waals surface area contributed by atoms with Crippen molar-refractivity contribution < 1.29 is 10.2 Å². The minimum absolute atomic E-state index is 0.0271. The highest BCUT2D eigenvalue weighted by atomic mass is 16.3. The third kappa shape index (κ3) is 2.50. The Hall–Kier alpha value is -0.340. The molecule has 0 heterocycles. The summed E-state index contributed by atoms with van der Waals surface area (Å²) in [6.45, 7) is 7.27. The molecule has 0 saturated carbocycles. The van der Waals surface area contributed by atoms with Gasteiger partial charge in [0.25, 0.3) is 0 Å². The quantitative estimate of drug-likeness (QED) is 0.573. The van der Waals surface area contributed by atoms with Crippen LogP contribution in [-0.4, -0.2) is 22.9 Å². The lowest BCUT2D eigenvalue weighted by molar-refractivity contribution is 0.0514. The van der Waals surface area contributed by atoms with Gasteiger partial charge in [-0.05, 0) is 0 Å². The van der Waals surface area contributed by atoms with E-state index in [9.17, 15) is 5.11 Å². The van der Waals surface area contributed by atoms with Crippen molar-refractivity contribution >= 4 is 0 Å². The van der Waals surface area contributed by atoms with E-state index in [2.05, 4.69) is 6.58 Å². The first-order valence-corrected chi connectivity index (χ1v) is 3.55. The van der Waals surface area contributed by atoms with Crippen molar-refractivity contribution in [2.45, 2.75) is 20.0 Å². The summed E-state index contributed by atoms with van der Waals surface area (Å²) in [7, 11) is 0. The number of aliphatic hydroxyl groups is 2. The minimum atomic E-state index is -0.470. The molecule has 0 saturated heterocycles. The van der Waals surface area contributed by atoms with Crippen molar-refractivity contribution in [1.82, 2.24) is 0 Å². The van der Waals surface area contributed by atoms with Crippen LogP contribution in [0.15, 0.2) is 12.7 Å². The van der Waals surface area contributed by atoms with Crippen LogP contribution in [0.25, 0.3) is 0 Å². The predicted molar refractivity (Wildman–Crippen MR) is 41.6 cm³/mol. The third-order valence-electron chi connectivity index (χ3n) is 1.78. The van der Waals surface area contributed by atoms with E-state index in [1.165, 1.54) is 0 Å². The summed E-state index contributed by atoms with van der Waals surface area (Å²) >= 11 is 0. The van der Waals surface area contributed by atoms with E-state index in [-0.39, 0.29) is 18.4 Å². The summed E-state index contributed by atoms with van der Waals surface area (Å²) in [5, 5.41) is 18.0. The van der Waals surface area contributed by atoms with E-state index in [0.717, 1.165) is 0 Å². The highest BCUT2D eigenvalue weighted by molar-refractivity contribution is 4.83. The van der Waals surface area contributed by atoms with Crippen molar-refractivity contribution in [3.05, 3.63) is 12.7 Å². The largest absolute Gasteiger partial charge is 0.396 e. The summed E-state index contributed by atoms with van der Waals surface area (Å²) in [5.74, 6) is -0.00449. The molecule has 0 aromatic carbocycles. The molecule has 0 fully saturated rings. The van der Waals surface area contributed by atoms with E-state index in [1.54, 1.807) is 6.08 Å². The minimum Gasteiger partial charge on any atom is -0.396 e. The Kier molecular flexibility index (Phi) is 4.32. The molecule has 0 aromatic heterocycles. The maximum absolute atomic E-state index is 9.35. The zero-order chi connectivity index (χ0) is 8.15. The smallest absolute Gasteiger partial charge is 0.0647 e. The summed E-state index contributed by atoms with van der Waals surface area (Å²) in [5.41, 5.74) is 0. The maximum Gasteiger partial charge on any atom is 0.0647 e. The van der Waals surface area contributed by atoms with Gasteiger partial charge in [0.15, 0.2) is 0 Å². The van der Waals surface area contributed by atoms with Gasteiger partial charge in [-0.3, -0.25) is 0 Å². The Morgan fingerprint density at radius 1 is 1.50 bits per heavy atom. The van der Waals surface area contributed by atoms with Gasteiger partial charge in [0.05, 0.1) is 6.10 Å². The first kappa shape index (κ1) is 9.66. The summed E-state index contributed by atoms with van der Waals surface area (Å²) in [6, 6.07) is 0. The number of aliphatic hydroxyl groups excluding tert-OH is 2. The summed E-state index contributed by atoms with van der Waals surface area (Å²) < 4.78 is 0. The Morgan fingerprint density at radius 3 is 2.30 bits per heavy atom. The molecule has 2 N–H and O–H groups in total. The molecule has 0 rings (SSSR count). The van der Waals surface area contributed by atoms with Crippen LogP contribution in [0, 0.1) is 11.8 Å². The zero-order valence-corrected chi connectivity index (χ0v) is 6.62. The van der Waals surface area contributed by atoms with Gasteiger partial charge in [-0.1, -0.05) is 19.9 Å². The first-order valence-electron chi connectivity index (χ1n) is 3.55. The lowest BCUT2D eigenvalue weighted by Gasteiger charge is -2.20. The van der Waals surface area contributed by atoms with E-state index < -0.39 is 6.10 Å². The van der Waals surface area contributed by atoms with Gasteiger partial charge < -0.3 is 10.2 Å². The first-order chi connectivity index (χ1) is 4.63. The van der Waals surface area contributed by atoms with Crippen LogP contribution in [0.1, 0.15) is 13.8 Å². The van der Waals surface area contributed by atoms with Crippen LogP contribution in [0.5, 0.6) is 0 Å². The van der Waals surface area contributed by atoms with Crippen LogP contribution in [-0.2, 0) is 0 Å². The highest BCUT2D eigenvalue weighted by Gasteiger charge is 2.17. The second-order valence-corrected chi connectivity index (χ2v) is 2.75. The molecule has 0 aliphatic carbocycles. The normalized spacial score (nSPS) is 19.6. The number of hydrogen-bond donors (Lipinski definition) is 2. The second kappa shape index (κ2) is 4.47. The monoisotopic (exact) mass is 144 g/mol. The summed E-state index contributed by atoms with van der Waals surface area (Å²) in [4.78, 5) is 0. The molecule has 60 valence electrons. The molecule has 3 atom stereocenters. The van der Waals surface area contributed by atoms with Gasteiger partial charge in [0.2, 0.25) is 0 Å². The van der Waals surface area contributed by atoms with Crippen molar-refractivity contribution in [2.75, 3.05) is 6.61 Å². The molecule has 0 spiro atoms. The van der Waals surface area contributed by atoms with Gasteiger partial charge in [0.1, 0.15) is 0 Å². The molecule has 0 amide bonds. The number of rotatable bonds is 4. The number of hydrogen-bond acceptors (Lipinski definition) is 2. The topological polar surface area (TPSA) is 40.5 Å². The molecular formula is C8H16O2. The second-order valence-electron chi connectivity index (χ2n) is 2.75. The van der Waals surface area contributed by atoms with Gasteiger partial charge >= 0.3 is 0 Å². The van der Waals surface area contributed by atoms with Crippen molar-refractivity contribution in [2.24, 2.45) is 11.8 Å². The lowest BCUT2D eigenvalue weighted by Crippen LogP contribution is -2.26. The van der Waals surface area contributed by atoms with Crippen LogP contribution < -0.4 is 0 Å². The fourth-order valence-corrected chi connectivity index (χ4v) is 0.766. The molecule has 0 aliphatic heterocycles. The average Bonchev–Trinajstić information content (AvgIpc) is 2.00. The third-order valence-corrected chi connectivity index (χ3v) is 1.78. The van der Waals surface area contributed by atoms with Crippen molar-refractivity contribution in [1.29, 1.82) is 0 Å². The lowest BCUT2D eigenvalue weighted by atomic mass is 9.94. The highest BCUT2D eigenvalue weighted by Crippen LogP contribution is 2.12. The maximum atomic E-state index is 9.35. The Bertz CT molecular complexity index is 101. The summed E-state index contributed by atoms with van der Waals surface area (Å²) in [6.07, 6.45) is 1.22. The molecule has 2 heteroatoms. The van der Waals surface area contributed by atoms with Crippen molar-refractivity contribution in [3.63, 3.8) is 0 Å². The molecule has 0 radical (unpaired) electrons. The van der Waals surface area contributed by atoms with E-state index >= 15 is 0 Å².